The molecule has 0 atom stereocenters. The maximum atomic E-state index is 6.73. The normalized spacial score (nSPS) is 11.8. The lowest BCUT2D eigenvalue weighted by molar-refractivity contribution is 0.622. The second kappa shape index (κ2) is 10.5. The third-order valence-corrected chi connectivity index (χ3v) is 9.08. The Balaban J connectivity index is 1.28. The van der Waals surface area contributed by atoms with E-state index in [9.17, 15) is 0 Å². The second-order valence-corrected chi connectivity index (χ2v) is 12.0. The van der Waals surface area contributed by atoms with Crippen molar-refractivity contribution in [2.24, 2.45) is 0 Å². The number of aromatic nitrogens is 1. The van der Waals surface area contributed by atoms with Crippen LogP contribution in [0.2, 0.25) is 0 Å². The number of benzene rings is 7. The molecule has 5 nitrogen and oxygen atoms in total. The van der Waals surface area contributed by atoms with Crippen LogP contribution in [0.4, 0.5) is 17.1 Å². The van der Waals surface area contributed by atoms with Crippen molar-refractivity contribution in [3.8, 4) is 22.6 Å². The van der Waals surface area contributed by atoms with Crippen molar-refractivity contribution in [1.82, 2.24) is 4.98 Å². The van der Waals surface area contributed by atoms with E-state index in [0.717, 1.165) is 77.6 Å². The lowest BCUT2D eigenvalue weighted by Gasteiger charge is -2.26. The quantitative estimate of drug-likeness (QED) is 0.192. The molecule has 3 aromatic heterocycles. The van der Waals surface area contributed by atoms with Crippen molar-refractivity contribution in [2.75, 3.05) is 4.90 Å². The van der Waals surface area contributed by atoms with Gasteiger partial charge in [-0.15, -0.1) is 0 Å². The molecule has 0 saturated heterocycles. The van der Waals surface area contributed by atoms with E-state index in [1.807, 2.05) is 72.8 Å². The van der Waals surface area contributed by atoms with Crippen LogP contribution in [-0.4, -0.2) is 4.98 Å². The summed E-state index contributed by atoms with van der Waals surface area (Å²) in [4.78, 5) is 7.28. The van der Waals surface area contributed by atoms with Gasteiger partial charge in [0.25, 0.3) is 0 Å². The van der Waals surface area contributed by atoms with Crippen LogP contribution in [0.1, 0.15) is 0 Å². The number of fused-ring (bicyclic) bond motifs is 8. The van der Waals surface area contributed by atoms with Crippen LogP contribution in [0.5, 0.6) is 0 Å². The van der Waals surface area contributed by atoms with Gasteiger partial charge in [-0.3, -0.25) is 0 Å². The van der Waals surface area contributed by atoms with Crippen LogP contribution < -0.4 is 4.90 Å². The Kier molecular flexibility index (Phi) is 5.81. The van der Waals surface area contributed by atoms with E-state index in [0.29, 0.717) is 17.1 Å². The molecule has 10 rings (SSSR count). The highest BCUT2D eigenvalue weighted by atomic mass is 16.4. The number of para-hydroxylation sites is 2. The molecular weight excluding hydrogens is 592 g/mol. The number of oxazole rings is 1. The predicted molar refractivity (Wildman–Crippen MR) is 194 cm³/mol. The molecule has 0 bridgehead atoms. The van der Waals surface area contributed by atoms with Crippen molar-refractivity contribution in [3.05, 3.63) is 158 Å². The maximum Gasteiger partial charge on any atom is 0.227 e. The lowest BCUT2D eigenvalue weighted by Crippen LogP contribution is -2.10. The van der Waals surface area contributed by atoms with Crippen LogP contribution in [0.15, 0.2) is 171 Å². The average molecular weight is 619 g/mol. The fourth-order valence-electron chi connectivity index (χ4n) is 6.86. The van der Waals surface area contributed by atoms with E-state index in [1.165, 1.54) is 0 Å². The summed E-state index contributed by atoms with van der Waals surface area (Å²) in [5.41, 5.74) is 10.5. The van der Waals surface area contributed by atoms with E-state index < -0.39 is 0 Å². The topological polar surface area (TPSA) is 55.6 Å². The fourth-order valence-corrected chi connectivity index (χ4v) is 6.86. The van der Waals surface area contributed by atoms with E-state index >= 15 is 0 Å². The van der Waals surface area contributed by atoms with E-state index in [4.69, 9.17) is 18.2 Å². The third kappa shape index (κ3) is 4.15. The minimum atomic E-state index is 0.565. The maximum absolute atomic E-state index is 6.73. The molecule has 0 radical (unpaired) electrons. The highest BCUT2D eigenvalue weighted by Gasteiger charge is 2.25. The monoisotopic (exact) mass is 618 g/mol. The fraction of sp³-hybridized carbons (Fsp3) is 0. The Morgan fingerprint density at radius 2 is 1.06 bits per heavy atom. The smallest absolute Gasteiger partial charge is 0.227 e. The Morgan fingerprint density at radius 1 is 0.417 bits per heavy atom. The minimum absolute atomic E-state index is 0.565. The Bertz CT molecular complexity index is 2790. The Labute approximate surface area is 274 Å². The average Bonchev–Trinajstić information content (AvgIpc) is 3.86. The van der Waals surface area contributed by atoms with E-state index in [2.05, 4.69) is 89.8 Å². The van der Waals surface area contributed by atoms with Crippen LogP contribution in [0.3, 0.4) is 0 Å². The molecule has 0 fully saturated rings. The summed E-state index contributed by atoms with van der Waals surface area (Å²) >= 11 is 0. The van der Waals surface area contributed by atoms with E-state index in [-0.39, 0.29) is 0 Å². The van der Waals surface area contributed by atoms with Gasteiger partial charge in [0.2, 0.25) is 5.89 Å². The number of anilines is 3. The summed E-state index contributed by atoms with van der Waals surface area (Å²) in [6.45, 7) is 0. The molecule has 0 aliphatic heterocycles. The zero-order valence-corrected chi connectivity index (χ0v) is 25.6. The minimum Gasteiger partial charge on any atom is -0.456 e. The van der Waals surface area contributed by atoms with Crippen LogP contribution >= 0.6 is 0 Å². The largest absolute Gasteiger partial charge is 0.456 e. The summed E-state index contributed by atoms with van der Waals surface area (Å²) in [6, 6.07) is 53.8. The predicted octanol–water partition coefficient (Wildman–Crippen LogP) is 12.4. The number of hydrogen-bond acceptors (Lipinski definition) is 5. The van der Waals surface area contributed by atoms with Gasteiger partial charge < -0.3 is 18.2 Å². The zero-order chi connectivity index (χ0) is 31.6. The zero-order valence-electron chi connectivity index (χ0n) is 25.6. The first-order valence-electron chi connectivity index (χ1n) is 16.0. The van der Waals surface area contributed by atoms with Gasteiger partial charge in [0.05, 0.1) is 16.8 Å². The number of hydrogen-bond donors (Lipinski definition) is 0. The first-order valence-corrected chi connectivity index (χ1v) is 16.0. The van der Waals surface area contributed by atoms with Gasteiger partial charge in [-0.05, 0) is 65.7 Å². The summed E-state index contributed by atoms with van der Waals surface area (Å²) in [7, 11) is 0. The van der Waals surface area contributed by atoms with Crippen molar-refractivity contribution in [3.63, 3.8) is 0 Å². The van der Waals surface area contributed by atoms with Gasteiger partial charge in [0.15, 0.2) is 11.2 Å². The standard InChI is InChI=1S/C43H26N2O3/c1-3-12-27(13-4-1)29-16-11-17-30(24-29)45(31-22-23-33-32-18-7-9-20-37(32)46-39(33)25-31)36-26-35-41(48-43(44-35)28-14-5-2-6-15-28)40-34-19-8-10-21-38(34)47-42(36)40/h1-26H. The second-order valence-electron chi connectivity index (χ2n) is 12.0. The van der Waals surface area contributed by atoms with Crippen molar-refractivity contribution in [1.29, 1.82) is 0 Å². The number of rotatable bonds is 5. The SMILES string of the molecule is c1ccc(-c2cccc(N(c3ccc4c(c3)oc3ccccc34)c3cc4nc(-c5ccccc5)oc4c4c3oc3ccccc34)c2)cc1. The summed E-state index contributed by atoms with van der Waals surface area (Å²) in [6.07, 6.45) is 0. The Hall–Kier alpha value is -6.59. The highest BCUT2D eigenvalue weighted by Crippen LogP contribution is 2.47. The van der Waals surface area contributed by atoms with Gasteiger partial charge in [0, 0.05) is 33.5 Å². The van der Waals surface area contributed by atoms with Gasteiger partial charge in [-0.1, -0.05) is 97.1 Å². The Morgan fingerprint density at radius 3 is 1.88 bits per heavy atom. The molecule has 3 heterocycles. The lowest BCUT2D eigenvalue weighted by atomic mass is 10.0. The molecule has 0 aliphatic rings. The molecule has 0 unspecified atom stereocenters. The van der Waals surface area contributed by atoms with Gasteiger partial charge in [0.1, 0.15) is 22.3 Å². The summed E-state index contributed by atoms with van der Waals surface area (Å²) in [5.74, 6) is 0.565. The molecule has 226 valence electrons. The summed E-state index contributed by atoms with van der Waals surface area (Å²) in [5, 5.41) is 4.03. The first-order chi connectivity index (χ1) is 23.8. The summed E-state index contributed by atoms with van der Waals surface area (Å²) < 4.78 is 19.7. The molecule has 0 spiro atoms. The molecule has 0 saturated carbocycles. The van der Waals surface area contributed by atoms with Crippen molar-refractivity contribution >= 4 is 72.0 Å². The van der Waals surface area contributed by atoms with Crippen LogP contribution in [-0.2, 0) is 0 Å². The van der Waals surface area contributed by atoms with Gasteiger partial charge in [-0.2, -0.15) is 0 Å². The van der Waals surface area contributed by atoms with Gasteiger partial charge in [-0.25, -0.2) is 4.98 Å². The third-order valence-electron chi connectivity index (χ3n) is 9.08. The first kappa shape index (κ1) is 26.6. The molecule has 0 aliphatic carbocycles. The molecule has 0 N–H and O–H groups in total. The molecule has 0 amide bonds. The molecule has 10 aromatic rings. The molecule has 5 heteroatoms. The molecule has 7 aromatic carbocycles. The number of furan rings is 2. The van der Waals surface area contributed by atoms with Crippen LogP contribution in [0.25, 0.3) is 77.6 Å². The highest BCUT2D eigenvalue weighted by molar-refractivity contribution is 6.21. The van der Waals surface area contributed by atoms with E-state index in [1.54, 1.807) is 0 Å². The van der Waals surface area contributed by atoms with Gasteiger partial charge >= 0.3 is 0 Å². The van der Waals surface area contributed by atoms with Crippen molar-refractivity contribution < 1.29 is 13.3 Å². The van der Waals surface area contributed by atoms with Crippen LogP contribution in [0, 0.1) is 0 Å². The number of nitrogens with zero attached hydrogens (tertiary/aromatic N) is 2. The van der Waals surface area contributed by atoms with Crippen molar-refractivity contribution in [2.45, 2.75) is 0 Å². The molecule has 48 heavy (non-hydrogen) atoms. The molecular formula is C43H26N2O3.